The van der Waals surface area contributed by atoms with Crippen LogP contribution in [-0.2, 0) is 24.3 Å². The van der Waals surface area contributed by atoms with Crippen LogP contribution >= 0.6 is 0 Å². The van der Waals surface area contributed by atoms with Crippen LogP contribution < -0.4 is 0 Å². The third kappa shape index (κ3) is 5.08. The maximum atomic E-state index is 13.0. The molecule has 2 heterocycles. The lowest BCUT2D eigenvalue weighted by atomic mass is 9.96. The van der Waals surface area contributed by atoms with Crippen molar-refractivity contribution < 1.29 is 27.1 Å². The lowest BCUT2D eigenvalue weighted by Crippen LogP contribution is -2.41. The standard InChI is InChI=1S/C19H27FN2O5S/c1-21(28(24,25)17-6-4-16(20)5-7-17)10-2-3-18(23)22-11-8-15(9-12-22)19-26-13-14-27-19/h4-7,15,19H,2-3,8-14H2,1H3. The average Bonchev–Trinajstić information content (AvgIpc) is 3.23. The molecule has 3 rings (SSSR count). The molecule has 0 atom stereocenters. The second kappa shape index (κ2) is 9.30. The van der Waals surface area contributed by atoms with Crippen molar-refractivity contribution in [2.24, 2.45) is 5.92 Å². The van der Waals surface area contributed by atoms with Crippen molar-refractivity contribution in [3.05, 3.63) is 30.1 Å². The zero-order valence-corrected chi connectivity index (χ0v) is 16.9. The molecule has 0 saturated carbocycles. The van der Waals surface area contributed by atoms with E-state index in [1.165, 1.54) is 23.5 Å². The van der Waals surface area contributed by atoms with Crippen molar-refractivity contribution in [2.75, 3.05) is 39.9 Å². The Balaban J connectivity index is 1.41. The zero-order valence-electron chi connectivity index (χ0n) is 16.0. The third-order valence-electron chi connectivity index (χ3n) is 5.31. The minimum Gasteiger partial charge on any atom is -0.350 e. The van der Waals surface area contributed by atoms with Gasteiger partial charge in [-0.05, 0) is 43.5 Å². The Morgan fingerprint density at radius 1 is 1.18 bits per heavy atom. The van der Waals surface area contributed by atoms with Gasteiger partial charge in [0.15, 0.2) is 6.29 Å². The number of amides is 1. The summed E-state index contributed by atoms with van der Waals surface area (Å²) in [7, 11) is -2.21. The van der Waals surface area contributed by atoms with Crippen molar-refractivity contribution in [2.45, 2.75) is 36.9 Å². The summed E-state index contributed by atoms with van der Waals surface area (Å²) in [6.45, 7) is 2.86. The van der Waals surface area contributed by atoms with Crippen LogP contribution in [0.3, 0.4) is 0 Å². The second-order valence-corrected chi connectivity index (χ2v) is 9.26. The number of piperidine rings is 1. The Labute approximate surface area is 165 Å². The lowest BCUT2D eigenvalue weighted by Gasteiger charge is -2.34. The van der Waals surface area contributed by atoms with Gasteiger partial charge < -0.3 is 14.4 Å². The van der Waals surface area contributed by atoms with E-state index in [1.54, 1.807) is 0 Å². The first kappa shape index (κ1) is 21.2. The van der Waals surface area contributed by atoms with Gasteiger partial charge in [0.25, 0.3) is 0 Å². The van der Waals surface area contributed by atoms with Gasteiger partial charge >= 0.3 is 0 Å². The van der Waals surface area contributed by atoms with Crippen LogP contribution in [0.1, 0.15) is 25.7 Å². The highest BCUT2D eigenvalue weighted by Crippen LogP contribution is 2.26. The number of rotatable bonds is 7. The Bertz CT molecular complexity index is 757. The molecule has 7 nitrogen and oxygen atoms in total. The Morgan fingerprint density at radius 2 is 1.79 bits per heavy atom. The summed E-state index contributed by atoms with van der Waals surface area (Å²) < 4.78 is 50.2. The van der Waals surface area contributed by atoms with E-state index < -0.39 is 15.8 Å². The van der Waals surface area contributed by atoms with Crippen LogP contribution in [0.5, 0.6) is 0 Å². The van der Waals surface area contributed by atoms with Crippen LogP contribution in [0.25, 0.3) is 0 Å². The molecule has 0 unspecified atom stereocenters. The average molecular weight is 414 g/mol. The molecule has 28 heavy (non-hydrogen) atoms. The van der Waals surface area contributed by atoms with Crippen LogP contribution in [0.2, 0.25) is 0 Å². The van der Waals surface area contributed by atoms with E-state index in [9.17, 15) is 17.6 Å². The third-order valence-corrected chi connectivity index (χ3v) is 7.18. The normalized spacial score (nSPS) is 19.5. The van der Waals surface area contributed by atoms with Crippen molar-refractivity contribution in [1.29, 1.82) is 0 Å². The van der Waals surface area contributed by atoms with Gasteiger partial charge in [-0.15, -0.1) is 0 Å². The fraction of sp³-hybridized carbons (Fsp3) is 0.632. The van der Waals surface area contributed by atoms with Gasteiger partial charge in [-0.2, -0.15) is 0 Å². The van der Waals surface area contributed by atoms with E-state index in [4.69, 9.17) is 9.47 Å². The molecule has 0 aromatic heterocycles. The van der Waals surface area contributed by atoms with Crippen molar-refractivity contribution >= 4 is 15.9 Å². The Morgan fingerprint density at radius 3 is 2.39 bits per heavy atom. The molecule has 1 aromatic rings. The Kier molecular flexibility index (Phi) is 7.03. The smallest absolute Gasteiger partial charge is 0.242 e. The monoisotopic (exact) mass is 414 g/mol. The summed E-state index contributed by atoms with van der Waals surface area (Å²) in [5, 5.41) is 0. The van der Waals surface area contributed by atoms with Gasteiger partial charge in [-0.1, -0.05) is 0 Å². The highest BCUT2D eigenvalue weighted by molar-refractivity contribution is 7.89. The second-order valence-electron chi connectivity index (χ2n) is 7.21. The number of ether oxygens (including phenoxy) is 2. The molecule has 0 aliphatic carbocycles. The topological polar surface area (TPSA) is 76.2 Å². The molecule has 0 N–H and O–H groups in total. The largest absolute Gasteiger partial charge is 0.350 e. The van der Waals surface area contributed by atoms with Gasteiger partial charge in [0.2, 0.25) is 15.9 Å². The Hall–Kier alpha value is -1.55. The molecule has 2 fully saturated rings. The first-order valence-corrected chi connectivity index (χ1v) is 11.0. The minimum atomic E-state index is -3.68. The van der Waals surface area contributed by atoms with Gasteiger partial charge in [0.1, 0.15) is 5.82 Å². The summed E-state index contributed by atoms with van der Waals surface area (Å²) in [4.78, 5) is 14.3. The summed E-state index contributed by atoms with van der Waals surface area (Å²) in [6.07, 6.45) is 2.31. The van der Waals surface area contributed by atoms with E-state index in [1.807, 2.05) is 4.90 Å². The number of hydrogen-bond donors (Lipinski definition) is 0. The number of carbonyl (C=O) groups excluding carboxylic acids is 1. The maximum absolute atomic E-state index is 13.0. The van der Waals surface area contributed by atoms with E-state index in [0.29, 0.717) is 45.1 Å². The molecule has 2 aliphatic rings. The van der Waals surface area contributed by atoms with Gasteiger partial charge in [-0.25, -0.2) is 17.1 Å². The molecule has 1 amide bonds. The zero-order chi connectivity index (χ0) is 20.1. The molecule has 156 valence electrons. The number of benzene rings is 1. The predicted octanol–water partition coefficient (Wildman–Crippen LogP) is 1.84. The molecule has 0 spiro atoms. The van der Waals surface area contributed by atoms with Crippen molar-refractivity contribution in [3.63, 3.8) is 0 Å². The number of nitrogens with zero attached hydrogens (tertiary/aromatic N) is 2. The molecule has 0 bridgehead atoms. The van der Waals surface area contributed by atoms with E-state index in [0.717, 1.165) is 25.0 Å². The molecular weight excluding hydrogens is 387 g/mol. The van der Waals surface area contributed by atoms with E-state index in [2.05, 4.69) is 0 Å². The number of carbonyl (C=O) groups is 1. The van der Waals surface area contributed by atoms with Crippen LogP contribution in [-0.4, -0.2) is 69.7 Å². The summed E-state index contributed by atoms with van der Waals surface area (Å²) in [5.41, 5.74) is 0. The molecule has 9 heteroatoms. The minimum absolute atomic E-state index is 0.0410. The first-order valence-electron chi connectivity index (χ1n) is 9.61. The summed E-state index contributed by atoms with van der Waals surface area (Å²) in [6, 6.07) is 4.73. The molecule has 2 saturated heterocycles. The fourth-order valence-corrected chi connectivity index (χ4v) is 4.80. The maximum Gasteiger partial charge on any atom is 0.242 e. The van der Waals surface area contributed by atoms with Crippen LogP contribution in [0.4, 0.5) is 4.39 Å². The van der Waals surface area contributed by atoms with Gasteiger partial charge in [0.05, 0.1) is 18.1 Å². The van der Waals surface area contributed by atoms with Crippen molar-refractivity contribution in [1.82, 2.24) is 9.21 Å². The molecule has 2 aliphatic heterocycles. The number of likely N-dealkylation sites (tertiary alicyclic amines) is 1. The highest BCUT2D eigenvalue weighted by atomic mass is 32.2. The first-order chi connectivity index (χ1) is 13.4. The van der Waals surface area contributed by atoms with Crippen molar-refractivity contribution in [3.8, 4) is 0 Å². The molecule has 0 radical (unpaired) electrons. The fourth-order valence-electron chi connectivity index (χ4n) is 3.59. The quantitative estimate of drug-likeness (QED) is 0.681. The molecule has 1 aromatic carbocycles. The van der Waals surface area contributed by atoms with Crippen LogP contribution in [0.15, 0.2) is 29.2 Å². The summed E-state index contributed by atoms with van der Waals surface area (Å²) >= 11 is 0. The van der Waals surface area contributed by atoms with Gasteiger partial charge in [0, 0.05) is 39.0 Å². The number of halogens is 1. The van der Waals surface area contributed by atoms with E-state index in [-0.39, 0.29) is 23.6 Å². The number of hydrogen-bond acceptors (Lipinski definition) is 5. The predicted molar refractivity (Wildman–Crippen MR) is 100 cm³/mol. The SMILES string of the molecule is CN(CCCC(=O)N1CCC(C2OCCO2)CC1)S(=O)(=O)c1ccc(F)cc1. The molecular formula is C19H27FN2O5S. The highest BCUT2D eigenvalue weighted by Gasteiger charge is 2.31. The number of sulfonamides is 1. The summed E-state index contributed by atoms with van der Waals surface area (Å²) in [5.74, 6) is -0.111. The van der Waals surface area contributed by atoms with Gasteiger partial charge in [-0.3, -0.25) is 4.79 Å². The van der Waals surface area contributed by atoms with Crippen LogP contribution in [0, 0.1) is 11.7 Å². The van der Waals surface area contributed by atoms with E-state index >= 15 is 0 Å². The lowest BCUT2D eigenvalue weighted by molar-refractivity contribution is -0.137.